The van der Waals surface area contributed by atoms with E-state index in [1.54, 1.807) is 11.8 Å². The maximum atomic E-state index is 14.9. The van der Waals surface area contributed by atoms with E-state index >= 15 is 0 Å². The van der Waals surface area contributed by atoms with Gasteiger partial charge in [0.15, 0.2) is 5.78 Å². The summed E-state index contributed by atoms with van der Waals surface area (Å²) in [5.41, 5.74) is 6.44. The number of rotatable bonds is 2. The van der Waals surface area contributed by atoms with E-state index < -0.39 is 33.1 Å². The number of aliphatic carboxylic acids is 1. The molecule has 3 aliphatic rings. The number of carbonyl (C=O) groups is 2. The molecule has 4 atom stereocenters. The van der Waals surface area contributed by atoms with E-state index in [0.717, 1.165) is 6.07 Å². The molecule has 1 fully saturated rings. The minimum Gasteiger partial charge on any atom is -0.480 e. The van der Waals surface area contributed by atoms with Crippen molar-refractivity contribution in [1.82, 2.24) is 0 Å². The van der Waals surface area contributed by atoms with Gasteiger partial charge < -0.3 is 15.7 Å². The van der Waals surface area contributed by atoms with Gasteiger partial charge in [-0.25, -0.2) is 9.18 Å². The summed E-state index contributed by atoms with van der Waals surface area (Å²) in [5, 5.41) is 9.70. The molecule has 1 aliphatic carbocycles. The zero-order chi connectivity index (χ0) is 19.9. The molecule has 0 bridgehead atoms. The lowest BCUT2D eigenvalue weighted by molar-refractivity contribution is -0.136. The van der Waals surface area contributed by atoms with Crippen molar-refractivity contribution >= 4 is 60.0 Å². The maximum absolute atomic E-state index is 14.9. The van der Waals surface area contributed by atoms with Crippen LogP contribution >= 0.6 is 36.9 Å². The fourth-order valence-corrected chi connectivity index (χ4v) is 5.24. The van der Waals surface area contributed by atoms with Crippen LogP contribution in [0, 0.1) is 5.82 Å². The van der Waals surface area contributed by atoms with Crippen LogP contribution in [0.15, 0.2) is 11.1 Å². The Labute approximate surface area is 170 Å². The summed E-state index contributed by atoms with van der Waals surface area (Å²) in [4.78, 5) is 29.8. The van der Waals surface area contributed by atoms with Gasteiger partial charge in [0.25, 0.3) is 0 Å². The number of thiol groups is 2. The van der Waals surface area contributed by atoms with Gasteiger partial charge in [-0.2, -0.15) is 0 Å². The summed E-state index contributed by atoms with van der Waals surface area (Å²) < 4.78 is 12.8. The molecule has 0 aromatic heterocycles. The van der Waals surface area contributed by atoms with Gasteiger partial charge in [0.2, 0.25) is 4.75 Å². The van der Waals surface area contributed by atoms with Crippen molar-refractivity contribution in [3.63, 3.8) is 0 Å². The summed E-state index contributed by atoms with van der Waals surface area (Å²) >= 11 is 15.2. The fraction of sp³-hybridized carbons (Fsp3) is 0.471. The standard InChI is InChI=1S/C17H17ClFN3O3S2/c1-16(26)10-9-7(14(23)17(27,15(24)25)13(10)21-16)4-8(19)12(11(9)18)22-3-2-6(20)5-22/h4,6,10,26-27H,2-3,5,20H2,1H3,(H,24,25)/t6-,10?,16?,17?/m1/s1. The molecule has 27 heavy (non-hydrogen) atoms. The summed E-state index contributed by atoms with van der Waals surface area (Å²) in [6.45, 7) is 2.67. The number of carboxylic acid groups (broad SMARTS) is 1. The van der Waals surface area contributed by atoms with Crippen molar-refractivity contribution in [3.05, 3.63) is 28.0 Å². The summed E-state index contributed by atoms with van der Waals surface area (Å²) in [6.07, 6.45) is 0.699. The number of benzene rings is 1. The molecule has 3 N–H and O–H groups in total. The maximum Gasteiger partial charge on any atom is 0.333 e. The predicted molar refractivity (Wildman–Crippen MR) is 107 cm³/mol. The molecule has 3 unspecified atom stereocenters. The monoisotopic (exact) mass is 429 g/mol. The summed E-state index contributed by atoms with van der Waals surface area (Å²) in [5.74, 6) is -3.66. The molecule has 4 rings (SSSR count). The first-order chi connectivity index (χ1) is 12.5. The molecule has 1 saturated heterocycles. The van der Waals surface area contributed by atoms with E-state index in [0.29, 0.717) is 25.1 Å². The van der Waals surface area contributed by atoms with Gasteiger partial charge in [0.05, 0.1) is 22.3 Å². The number of hydrogen-bond acceptors (Lipinski definition) is 7. The number of carbonyl (C=O) groups excluding carboxylic acids is 1. The number of hydrogen-bond donors (Lipinski definition) is 4. The zero-order valence-electron chi connectivity index (χ0n) is 14.2. The van der Waals surface area contributed by atoms with Gasteiger partial charge in [0, 0.05) is 24.7 Å². The van der Waals surface area contributed by atoms with E-state index in [1.807, 2.05) is 0 Å². The molecule has 2 heterocycles. The number of ketones is 1. The van der Waals surface area contributed by atoms with E-state index in [-0.39, 0.29) is 28.0 Å². The lowest BCUT2D eigenvalue weighted by atomic mass is 9.67. The van der Waals surface area contributed by atoms with Gasteiger partial charge in [-0.05, 0) is 25.0 Å². The molecular formula is C17H17ClFN3O3S2. The molecule has 1 aromatic rings. The Hall–Kier alpha value is -1.29. The Bertz CT molecular complexity index is 938. The van der Waals surface area contributed by atoms with Crippen LogP contribution in [-0.4, -0.2) is 51.3 Å². The minimum atomic E-state index is -2.16. The summed E-state index contributed by atoms with van der Waals surface area (Å²) in [7, 11) is 0. The lowest BCUT2D eigenvalue weighted by Crippen LogP contribution is -2.62. The topological polar surface area (TPSA) is 96.0 Å². The molecule has 6 nitrogen and oxygen atoms in total. The smallest absolute Gasteiger partial charge is 0.333 e. The third kappa shape index (κ3) is 2.41. The molecule has 144 valence electrons. The number of carboxylic acids is 1. The molecule has 0 spiro atoms. The number of halogens is 2. The normalized spacial score (nSPS) is 34.7. The highest BCUT2D eigenvalue weighted by molar-refractivity contribution is 7.85. The van der Waals surface area contributed by atoms with Gasteiger partial charge in [-0.1, -0.05) is 11.6 Å². The number of nitrogens with two attached hydrogens (primary N) is 1. The molecule has 10 heteroatoms. The van der Waals surface area contributed by atoms with Gasteiger partial charge >= 0.3 is 5.97 Å². The van der Waals surface area contributed by atoms with Crippen LogP contribution in [0.3, 0.4) is 0 Å². The number of nitrogens with zero attached hydrogens (tertiary/aromatic N) is 2. The highest BCUT2D eigenvalue weighted by Crippen LogP contribution is 2.56. The van der Waals surface area contributed by atoms with Crippen LogP contribution < -0.4 is 10.6 Å². The Balaban J connectivity index is 1.97. The van der Waals surface area contributed by atoms with E-state index in [9.17, 15) is 19.1 Å². The Morgan fingerprint density at radius 1 is 1.52 bits per heavy atom. The molecular weight excluding hydrogens is 413 g/mol. The first-order valence-electron chi connectivity index (χ1n) is 8.35. The lowest BCUT2D eigenvalue weighted by Gasteiger charge is -2.49. The minimum absolute atomic E-state index is 0.0749. The van der Waals surface area contributed by atoms with Gasteiger partial charge in [-0.3, -0.25) is 9.79 Å². The first-order valence-corrected chi connectivity index (χ1v) is 9.63. The molecule has 0 radical (unpaired) electrons. The van der Waals surface area contributed by atoms with Gasteiger partial charge in [-0.15, -0.1) is 25.3 Å². The van der Waals surface area contributed by atoms with E-state index in [1.165, 1.54) is 0 Å². The highest BCUT2D eigenvalue weighted by atomic mass is 35.5. The van der Waals surface area contributed by atoms with Crippen molar-refractivity contribution in [1.29, 1.82) is 0 Å². The number of fused-ring (bicyclic) bond motifs is 3. The second-order valence-electron chi connectivity index (χ2n) is 7.35. The zero-order valence-corrected chi connectivity index (χ0v) is 16.8. The molecule has 0 amide bonds. The Morgan fingerprint density at radius 2 is 2.19 bits per heavy atom. The SMILES string of the molecule is CC1(S)N=C2C1c1c(cc(F)c(N3CC[C@@H](N)C3)c1Cl)C(=O)C2(S)C(=O)O. The van der Waals surface area contributed by atoms with Crippen LogP contribution in [-0.2, 0) is 4.79 Å². The Morgan fingerprint density at radius 3 is 2.70 bits per heavy atom. The fourth-order valence-electron chi connectivity index (χ4n) is 4.16. The third-order valence-corrected chi connectivity index (χ3v) is 6.85. The second-order valence-corrected chi connectivity index (χ2v) is 9.30. The average Bonchev–Trinajstić information content (AvgIpc) is 2.98. The van der Waals surface area contributed by atoms with Crippen LogP contribution in [0.5, 0.6) is 0 Å². The quantitative estimate of drug-likeness (QED) is 0.427. The average molecular weight is 430 g/mol. The number of Topliss-reactive ketones (excluding diaryl/α,β-unsaturated/α-hetero) is 1. The molecule has 1 aromatic carbocycles. The van der Waals surface area contributed by atoms with Crippen LogP contribution in [0.2, 0.25) is 5.02 Å². The van der Waals surface area contributed by atoms with E-state index in [4.69, 9.17) is 17.3 Å². The highest BCUT2D eigenvalue weighted by Gasteiger charge is 2.63. The third-order valence-electron chi connectivity index (χ3n) is 5.48. The van der Waals surface area contributed by atoms with Crippen molar-refractivity contribution in [2.45, 2.75) is 34.9 Å². The predicted octanol–water partition coefficient (Wildman–Crippen LogP) is 2.15. The largest absolute Gasteiger partial charge is 0.480 e. The van der Waals surface area contributed by atoms with Crippen molar-refractivity contribution in [2.24, 2.45) is 10.7 Å². The van der Waals surface area contributed by atoms with Crippen molar-refractivity contribution in [2.75, 3.05) is 18.0 Å². The van der Waals surface area contributed by atoms with Crippen LogP contribution in [0.4, 0.5) is 10.1 Å². The summed E-state index contributed by atoms with van der Waals surface area (Å²) in [6, 6.07) is 0.960. The van der Waals surface area contributed by atoms with Crippen molar-refractivity contribution < 1.29 is 19.1 Å². The number of anilines is 1. The van der Waals surface area contributed by atoms with Crippen LogP contribution in [0.1, 0.15) is 35.2 Å². The number of aliphatic imine (C=N–C) groups is 1. The Kier molecular flexibility index (Phi) is 4.13. The second kappa shape index (κ2) is 5.85. The molecule has 0 saturated carbocycles. The first kappa shape index (κ1) is 19.0. The van der Waals surface area contributed by atoms with E-state index in [2.05, 4.69) is 30.2 Å². The van der Waals surface area contributed by atoms with Gasteiger partial charge in [0.1, 0.15) is 10.7 Å². The van der Waals surface area contributed by atoms with Crippen LogP contribution in [0.25, 0.3) is 0 Å². The molecule has 2 aliphatic heterocycles. The van der Waals surface area contributed by atoms with Crippen molar-refractivity contribution in [3.8, 4) is 0 Å².